The van der Waals surface area contributed by atoms with Crippen LogP contribution < -0.4 is 0 Å². The molecule has 0 amide bonds. The fourth-order valence-corrected chi connectivity index (χ4v) is 5.01. The van der Waals surface area contributed by atoms with Gasteiger partial charge in [-0.2, -0.15) is 26.3 Å². The molecule has 0 bridgehead atoms. The lowest BCUT2D eigenvalue weighted by Gasteiger charge is -2.39. The summed E-state index contributed by atoms with van der Waals surface area (Å²) in [7, 11) is 0. The summed E-state index contributed by atoms with van der Waals surface area (Å²) in [5, 5.41) is 0. The van der Waals surface area contributed by atoms with Gasteiger partial charge in [-0.1, -0.05) is 39.5 Å². The number of alkyl halides is 6. The molecule has 25 heavy (non-hydrogen) atoms. The molecule has 0 aromatic rings. The van der Waals surface area contributed by atoms with Gasteiger partial charge in [-0.3, -0.25) is 0 Å². The Balaban J connectivity index is 1.93. The predicted octanol–water partition coefficient (Wildman–Crippen LogP) is 7.39. The van der Waals surface area contributed by atoms with Gasteiger partial charge in [0.15, 0.2) is 0 Å². The van der Waals surface area contributed by atoms with Crippen LogP contribution in [0.25, 0.3) is 0 Å². The molecule has 0 nitrogen and oxygen atoms in total. The van der Waals surface area contributed by atoms with Crippen molar-refractivity contribution in [2.24, 2.45) is 35.5 Å². The standard InChI is InChI=1S/C19H30F6/c1-3-13-6-8-15(17(10-13)19(23,24)25)9-7-14-5-4-12(2)16(11-14)18(20,21)22/h12-17H,3-11H2,1-2H3. The van der Waals surface area contributed by atoms with E-state index < -0.39 is 30.1 Å². The zero-order valence-corrected chi connectivity index (χ0v) is 15.1. The fraction of sp³-hybridized carbons (Fsp3) is 1.00. The molecule has 6 atom stereocenters. The van der Waals surface area contributed by atoms with Crippen molar-refractivity contribution in [2.75, 3.05) is 0 Å². The molecule has 6 unspecified atom stereocenters. The molecule has 2 fully saturated rings. The number of rotatable bonds is 4. The number of hydrogen-bond donors (Lipinski definition) is 0. The van der Waals surface area contributed by atoms with Crippen molar-refractivity contribution in [3.05, 3.63) is 0 Å². The van der Waals surface area contributed by atoms with Crippen LogP contribution in [0.5, 0.6) is 0 Å². The summed E-state index contributed by atoms with van der Waals surface area (Å²) in [5.74, 6) is -3.30. The van der Waals surface area contributed by atoms with Gasteiger partial charge in [0, 0.05) is 0 Å². The molecule has 0 spiro atoms. The molecule has 0 aromatic carbocycles. The van der Waals surface area contributed by atoms with E-state index in [1.165, 1.54) is 0 Å². The third-order valence-corrected chi connectivity index (χ3v) is 6.77. The van der Waals surface area contributed by atoms with Crippen LogP contribution in [0.3, 0.4) is 0 Å². The summed E-state index contributed by atoms with van der Waals surface area (Å²) in [6.07, 6.45) is -3.77. The van der Waals surface area contributed by atoms with Crippen molar-refractivity contribution in [1.29, 1.82) is 0 Å². The summed E-state index contributed by atoms with van der Waals surface area (Å²) < 4.78 is 79.5. The molecule has 0 heterocycles. The summed E-state index contributed by atoms with van der Waals surface area (Å²) in [6, 6.07) is 0. The van der Waals surface area contributed by atoms with Gasteiger partial charge in [-0.25, -0.2) is 0 Å². The van der Waals surface area contributed by atoms with Crippen molar-refractivity contribution >= 4 is 0 Å². The van der Waals surface area contributed by atoms with Gasteiger partial charge >= 0.3 is 12.4 Å². The van der Waals surface area contributed by atoms with Gasteiger partial charge < -0.3 is 0 Å². The van der Waals surface area contributed by atoms with E-state index in [0.717, 1.165) is 19.3 Å². The van der Waals surface area contributed by atoms with Gasteiger partial charge in [0.25, 0.3) is 0 Å². The normalized spacial score (nSPS) is 37.9. The van der Waals surface area contributed by atoms with Crippen LogP contribution in [0.2, 0.25) is 0 Å². The van der Waals surface area contributed by atoms with Gasteiger partial charge in [-0.15, -0.1) is 0 Å². The molecule has 0 aromatic heterocycles. The Morgan fingerprint density at radius 3 is 1.84 bits per heavy atom. The summed E-state index contributed by atoms with van der Waals surface area (Å²) in [5.41, 5.74) is 0. The van der Waals surface area contributed by atoms with E-state index in [-0.39, 0.29) is 30.6 Å². The van der Waals surface area contributed by atoms with E-state index in [1.807, 2.05) is 6.92 Å². The van der Waals surface area contributed by atoms with Crippen LogP contribution in [0.15, 0.2) is 0 Å². The maximum Gasteiger partial charge on any atom is 0.392 e. The van der Waals surface area contributed by atoms with Crippen molar-refractivity contribution in [3.63, 3.8) is 0 Å². The first-order chi connectivity index (χ1) is 11.5. The van der Waals surface area contributed by atoms with Crippen molar-refractivity contribution in [3.8, 4) is 0 Å². The van der Waals surface area contributed by atoms with E-state index >= 15 is 0 Å². The zero-order valence-electron chi connectivity index (χ0n) is 15.1. The fourth-order valence-electron chi connectivity index (χ4n) is 5.01. The summed E-state index contributed by atoms with van der Waals surface area (Å²) in [6.45, 7) is 3.57. The van der Waals surface area contributed by atoms with E-state index in [0.29, 0.717) is 25.7 Å². The van der Waals surface area contributed by atoms with Crippen LogP contribution >= 0.6 is 0 Å². The second-order valence-electron chi connectivity index (χ2n) is 8.38. The minimum atomic E-state index is -4.19. The highest BCUT2D eigenvalue weighted by molar-refractivity contribution is 4.87. The monoisotopic (exact) mass is 372 g/mol. The highest BCUT2D eigenvalue weighted by atomic mass is 19.4. The van der Waals surface area contributed by atoms with E-state index in [4.69, 9.17) is 0 Å². The van der Waals surface area contributed by atoms with Gasteiger partial charge in [0.2, 0.25) is 0 Å². The lowest BCUT2D eigenvalue weighted by molar-refractivity contribution is -0.203. The van der Waals surface area contributed by atoms with E-state index in [1.54, 1.807) is 6.92 Å². The van der Waals surface area contributed by atoms with Gasteiger partial charge in [0.05, 0.1) is 11.8 Å². The highest BCUT2D eigenvalue weighted by Crippen LogP contribution is 2.48. The second kappa shape index (κ2) is 8.08. The van der Waals surface area contributed by atoms with Crippen molar-refractivity contribution in [1.82, 2.24) is 0 Å². The quantitative estimate of drug-likeness (QED) is 0.451. The highest BCUT2D eigenvalue weighted by Gasteiger charge is 2.48. The third kappa shape index (κ3) is 5.53. The molecule has 148 valence electrons. The minimum absolute atomic E-state index is 0.0828. The Morgan fingerprint density at radius 2 is 1.28 bits per heavy atom. The van der Waals surface area contributed by atoms with Crippen LogP contribution in [0.4, 0.5) is 26.3 Å². The largest absolute Gasteiger partial charge is 0.392 e. The zero-order chi connectivity index (χ0) is 18.8. The first-order valence-corrected chi connectivity index (χ1v) is 9.65. The van der Waals surface area contributed by atoms with Crippen LogP contribution in [-0.2, 0) is 0 Å². The second-order valence-corrected chi connectivity index (χ2v) is 8.38. The maximum atomic E-state index is 13.4. The molecule has 2 rings (SSSR count). The number of halogens is 6. The summed E-state index contributed by atoms with van der Waals surface area (Å²) >= 11 is 0. The Morgan fingerprint density at radius 1 is 0.720 bits per heavy atom. The molecule has 0 N–H and O–H groups in total. The molecule has 6 heteroatoms. The summed E-state index contributed by atoms with van der Waals surface area (Å²) in [4.78, 5) is 0. The SMILES string of the molecule is CCC1CCC(CCC2CCC(C)C(C(F)(F)F)C2)C(C(F)(F)F)C1. The average Bonchev–Trinajstić information content (AvgIpc) is 2.52. The maximum absolute atomic E-state index is 13.4. The van der Waals surface area contributed by atoms with E-state index in [9.17, 15) is 26.3 Å². The van der Waals surface area contributed by atoms with Crippen molar-refractivity contribution < 1.29 is 26.3 Å². The first kappa shape index (κ1) is 20.9. The average molecular weight is 372 g/mol. The third-order valence-electron chi connectivity index (χ3n) is 6.77. The molecule has 2 aliphatic rings. The Hall–Kier alpha value is -0.420. The van der Waals surface area contributed by atoms with Crippen LogP contribution in [0, 0.1) is 35.5 Å². The lowest BCUT2D eigenvalue weighted by atomic mass is 9.68. The smallest absolute Gasteiger partial charge is 0.171 e. The first-order valence-electron chi connectivity index (χ1n) is 9.65. The molecule has 0 saturated heterocycles. The molecule has 2 aliphatic carbocycles. The van der Waals surface area contributed by atoms with Gasteiger partial charge in [0.1, 0.15) is 0 Å². The predicted molar refractivity (Wildman–Crippen MR) is 86.0 cm³/mol. The van der Waals surface area contributed by atoms with Gasteiger partial charge in [-0.05, 0) is 55.8 Å². The molecule has 0 radical (unpaired) electrons. The number of hydrogen-bond acceptors (Lipinski definition) is 0. The Bertz CT molecular complexity index is 413. The molecular formula is C19H30F6. The topological polar surface area (TPSA) is 0 Å². The molecule has 0 aliphatic heterocycles. The Labute approximate surface area is 146 Å². The van der Waals surface area contributed by atoms with Crippen molar-refractivity contribution in [2.45, 2.75) is 84.0 Å². The minimum Gasteiger partial charge on any atom is -0.171 e. The van der Waals surface area contributed by atoms with Crippen LogP contribution in [-0.4, -0.2) is 12.4 Å². The lowest BCUT2D eigenvalue weighted by Crippen LogP contribution is -2.37. The molecule has 2 saturated carbocycles. The van der Waals surface area contributed by atoms with E-state index in [2.05, 4.69) is 0 Å². The van der Waals surface area contributed by atoms with Crippen LogP contribution in [0.1, 0.15) is 71.6 Å². The molecular weight excluding hydrogens is 342 g/mol. The Kier molecular flexibility index (Phi) is 6.75.